The Morgan fingerprint density at radius 1 is 1.58 bits per heavy atom. The first-order valence-electron chi connectivity index (χ1n) is 6.59. The van der Waals surface area contributed by atoms with Crippen LogP contribution in [-0.4, -0.2) is 44.6 Å². The molecule has 2 N–H and O–H groups in total. The molecule has 1 aliphatic heterocycles. The van der Waals surface area contributed by atoms with Crippen molar-refractivity contribution in [3.63, 3.8) is 0 Å². The molecular formula is C14H21BrN2O2. The first-order chi connectivity index (χ1) is 9.17. The van der Waals surface area contributed by atoms with Gasteiger partial charge < -0.3 is 20.1 Å². The summed E-state index contributed by atoms with van der Waals surface area (Å²) >= 11 is 3.64. The average Bonchev–Trinajstić information content (AvgIpc) is 2.46. The number of ether oxygens (including phenoxy) is 1. The Labute approximate surface area is 122 Å². The fourth-order valence-corrected chi connectivity index (χ4v) is 3.06. The van der Waals surface area contributed by atoms with Gasteiger partial charge in [-0.25, -0.2) is 0 Å². The second-order valence-corrected chi connectivity index (χ2v) is 5.68. The van der Waals surface area contributed by atoms with Crippen LogP contribution in [0.2, 0.25) is 0 Å². The molecule has 0 aromatic heterocycles. The van der Waals surface area contributed by atoms with Crippen LogP contribution in [0.5, 0.6) is 0 Å². The molecule has 1 fully saturated rings. The Hall–Kier alpha value is -0.620. The minimum Gasteiger partial charge on any atom is -0.394 e. The number of benzene rings is 1. The van der Waals surface area contributed by atoms with Gasteiger partial charge in [-0.05, 0) is 31.7 Å². The van der Waals surface area contributed by atoms with Crippen molar-refractivity contribution in [3.05, 3.63) is 28.2 Å². The number of rotatable bonds is 4. The van der Waals surface area contributed by atoms with E-state index in [0.717, 1.165) is 16.7 Å². The summed E-state index contributed by atoms with van der Waals surface area (Å²) in [7, 11) is 1.95. The molecule has 1 aliphatic rings. The molecule has 0 saturated carbocycles. The zero-order chi connectivity index (χ0) is 13.8. The molecule has 1 saturated heterocycles. The number of anilines is 1. The third-order valence-electron chi connectivity index (χ3n) is 3.65. The van der Waals surface area contributed by atoms with E-state index in [1.54, 1.807) is 0 Å². The van der Waals surface area contributed by atoms with Crippen LogP contribution >= 0.6 is 15.9 Å². The van der Waals surface area contributed by atoms with E-state index in [1.165, 1.54) is 5.56 Å². The smallest absolute Gasteiger partial charge is 0.0755 e. The van der Waals surface area contributed by atoms with Gasteiger partial charge in [-0.1, -0.05) is 22.0 Å². The topological polar surface area (TPSA) is 44.7 Å². The fourth-order valence-electron chi connectivity index (χ4n) is 2.35. The van der Waals surface area contributed by atoms with Gasteiger partial charge in [0.15, 0.2) is 0 Å². The minimum absolute atomic E-state index is 0.0493. The summed E-state index contributed by atoms with van der Waals surface area (Å²) in [4.78, 5) is 2.21. The maximum Gasteiger partial charge on any atom is 0.0755 e. The van der Waals surface area contributed by atoms with Crippen molar-refractivity contribution in [1.29, 1.82) is 0 Å². The van der Waals surface area contributed by atoms with Gasteiger partial charge >= 0.3 is 0 Å². The number of hydrogen-bond donors (Lipinski definition) is 2. The number of halogens is 1. The van der Waals surface area contributed by atoms with Gasteiger partial charge in [-0.3, -0.25) is 0 Å². The maximum absolute atomic E-state index is 9.43. The largest absolute Gasteiger partial charge is 0.394 e. The van der Waals surface area contributed by atoms with Gasteiger partial charge in [0.25, 0.3) is 0 Å². The second kappa shape index (κ2) is 6.70. The third kappa shape index (κ3) is 3.28. The molecular weight excluding hydrogens is 308 g/mol. The molecule has 0 aliphatic carbocycles. The maximum atomic E-state index is 9.43. The molecule has 5 heteroatoms. The van der Waals surface area contributed by atoms with Gasteiger partial charge in [0.1, 0.15) is 0 Å². The van der Waals surface area contributed by atoms with E-state index in [9.17, 15) is 5.11 Å². The highest BCUT2D eigenvalue weighted by Crippen LogP contribution is 2.29. The molecule has 0 bridgehead atoms. The SMILES string of the molecule is CNC(C)c1ccc(N2CCOCC2CO)cc1Br. The van der Waals surface area contributed by atoms with Crippen LogP contribution in [0, 0.1) is 0 Å². The molecule has 0 amide bonds. The lowest BCUT2D eigenvalue weighted by atomic mass is 10.1. The van der Waals surface area contributed by atoms with E-state index in [2.05, 4.69) is 51.3 Å². The average molecular weight is 329 g/mol. The van der Waals surface area contributed by atoms with Crippen molar-refractivity contribution in [2.45, 2.75) is 19.0 Å². The molecule has 4 nitrogen and oxygen atoms in total. The predicted molar refractivity (Wildman–Crippen MR) is 80.7 cm³/mol. The highest BCUT2D eigenvalue weighted by Gasteiger charge is 2.23. The second-order valence-electron chi connectivity index (χ2n) is 4.82. The van der Waals surface area contributed by atoms with Crippen LogP contribution in [0.1, 0.15) is 18.5 Å². The molecule has 0 spiro atoms. The first kappa shape index (κ1) is 14.8. The number of aliphatic hydroxyl groups is 1. The minimum atomic E-state index is 0.0493. The lowest BCUT2D eigenvalue weighted by Crippen LogP contribution is -2.47. The number of morpholine rings is 1. The molecule has 1 aromatic rings. The Morgan fingerprint density at radius 3 is 3.00 bits per heavy atom. The number of nitrogens with zero attached hydrogens (tertiary/aromatic N) is 1. The Bertz CT molecular complexity index is 428. The molecule has 0 radical (unpaired) electrons. The van der Waals surface area contributed by atoms with Crippen LogP contribution in [0.15, 0.2) is 22.7 Å². The summed E-state index contributed by atoms with van der Waals surface area (Å²) in [5.41, 5.74) is 2.36. The Balaban J connectivity index is 2.23. The van der Waals surface area contributed by atoms with Crippen LogP contribution in [-0.2, 0) is 4.74 Å². The van der Waals surface area contributed by atoms with Crippen LogP contribution in [0.4, 0.5) is 5.69 Å². The first-order valence-corrected chi connectivity index (χ1v) is 7.38. The molecule has 106 valence electrons. The summed E-state index contributed by atoms with van der Waals surface area (Å²) in [6.07, 6.45) is 0. The van der Waals surface area contributed by atoms with Crippen molar-refractivity contribution in [3.8, 4) is 0 Å². The molecule has 1 aromatic carbocycles. The van der Waals surface area contributed by atoms with E-state index >= 15 is 0 Å². The number of nitrogens with one attached hydrogen (secondary N) is 1. The van der Waals surface area contributed by atoms with Gasteiger partial charge in [0.2, 0.25) is 0 Å². The van der Waals surface area contributed by atoms with Crippen molar-refractivity contribution in [2.24, 2.45) is 0 Å². The monoisotopic (exact) mass is 328 g/mol. The summed E-state index contributed by atoms with van der Waals surface area (Å²) in [6, 6.07) is 6.72. The molecule has 2 unspecified atom stereocenters. The van der Waals surface area contributed by atoms with Crippen molar-refractivity contribution in [2.75, 3.05) is 38.3 Å². The van der Waals surface area contributed by atoms with E-state index in [1.807, 2.05) is 7.05 Å². The Kier molecular flexibility index (Phi) is 5.21. The third-order valence-corrected chi connectivity index (χ3v) is 4.34. The van der Waals surface area contributed by atoms with Crippen LogP contribution < -0.4 is 10.2 Å². The summed E-state index contributed by atoms with van der Waals surface area (Å²) in [5.74, 6) is 0. The quantitative estimate of drug-likeness (QED) is 0.886. The molecule has 19 heavy (non-hydrogen) atoms. The summed E-state index contributed by atoms with van der Waals surface area (Å²) in [6.45, 7) is 4.36. The highest BCUT2D eigenvalue weighted by atomic mass is 79.9. The molecule has 2 rings (SSSR count). The lowest BCUT2D eigenvalue weighted by Gasteiger charge is -2.36. The van der Waals surface area contributed by atoms with Crippen molar-refractivity contribution >= 4 is 21.6 Å². The van der Waals surface area contributed by atoms with Crippen molar-refractivity contribution < 1.29 is 9.84 Å². The van der Waals surface area contributed by atoms with Gasteiger partial charge in [0.05, 0.1) is 25.9 Å². The standard InChI is InChI=1S/C14H21BrN2O2/c1-10(16-2)13-4-3-11(7-14(13)15)17-5-6-19-9-12(17)8-18/h3-4,7,10,12,16,18H,5-6,8-9H2,1-2H3. The zero-order valence-corrected chi connectivity index (χ0v) is 13.0. The lowest BCUT2D eigenvalue weighted by molar-refractivity contribution is 0.0727. The van der Waals surface area contributed by atoms with Gasteiger partial charge in [0, 0.05) is 22.7 Å². The zero-order valence-electron chi connectivity index (χ0n) is 11.4. The summed E-state index contributed by atoms with van der Waals surface area (Å²) < 4.78 is 6.50. The predicted octanol–water partition coefficient (Wildman–Crippen LogP) is 1.93. The summed E-state index contributed by atoms with van der Waals surface area (Å²) in [5, 5.41) is 12.7. The van der Waals surface area contributed by atoms with Gasteiger partial charge in [-0.2, -0.15) is 0 Å². The normalized spacial score (nSPS) is 21.5. The number of hydrogen-bond acceptors (Lipinski definition) is 4. The van der Waals surface area contributed by atoms with E-state index in [0.29, 0.717) is 19.3 Å². The molecule has 2 atom stereocenters. The van der Waals surface area contributed by atoms with E-state index in [4.69, 9.17) is 4.74 Å². The van der Waals surface area contributed by atoms with E-state index in [-0.39, 0.29) is 12.6 Å². The Morgan fingerprint density at radius 2 is 2.37 bits per heavy atom. The van der Waals surface area contributed by atoms with Crippen molar-refractivity contribution in [1.82, 2.24) is 5.32 Å². The fraction of sp³-hybridized carbons (Fsp3) is 0.571. The van der Waals surface area contributed by atoms with Crippen LogP contribution in [0.25, 0.3) is 0 Å². The highest BCUT2D eigenvalue weighted by molar-refractivity contribution is 9.10. The van der Waals surface area contributed by atoms with E-state index < -0.39 is 0 Å². The molecule has 1 heterocycles. The van der Waals surface area contributed by atoms with Gasteiger partial charge in [-0.15, -0.1) is 0 Å². The number of aliphatic hydroxyl groups excluding tert-OH is 1. The van der Waals surface area contributed by atoms with Crippen LogP contribution in [0.3, 0.4) is 0 Å².